The maximum atomic E-state index is 12.2. The Balaban J connectivity index is 1.61. The highest BCUT2D eigenvalue weighted by molar-refractivity contribution is 5.98. The van der Waals surface area contributed by atoms with Crippen LogP contribution in [0.25, 0.3) is 34.2 Å². The summed E-state index contributed by atoms with van der Waals surface area (Å²) in [4.78, 5) is 20.9. The van der Waals surface area contributed by atoms with Crippen molar-refractivity contribution in [3.63, 3.8) is 0 Å². The molecule has 0 unspecified atom stereocenters. The Morgan fingerprint density at radius 1 is 1.39 bits per heavy atom. The summed E-state index contributed by atoms with van der Waals surface area (Å²) in [5.74, 6) is -0.179. The Morgan fingerprint density at radius 3 is 2.94 bits per heavy atom. The van der Waals surface area contributed by atoms with Crippen LogP contribution in [0.1, 0.15) is 36.3 Å². The summed E-state index contributed by atoms with van der Waals surface area (Å²) in [7, 11) is 0. The number of nitrogens with two attached hydrogens (primary N) is 1. The van der Waals surface area contributed by atoms with E-state index in [2.05, 4.69) is 20.2 Å². The number of hydrogen-bond acceptors (Lipinski definition) is 7. The Morgan fingerprint density at radius 2 is 2.26 bits per heavy atom. The molecule has 4 aromatic rings. The second kappa shape index (κ2) is 7.80. The lowest BCUT2D eigenvalue weighted by molar-refractivity contribution is -0.0226. The Hall–Kier alpha value is -3.79. The van der Waals surface area contributed by atoms with Gasteiger partial charge in [0.2, 0.25) is 5.89 Å². The van der Waals surface area contributed by atoms with Gasteiger partial charge in [-0.15, -0.1) is 0 Å². The van der Waals surface area contributed by atoms with Crippen LogP contribution >= 0.6 is 0 Å². The van der Waals surface area contributed by atoms with Gasteiger partial charge in [0.1, 0.15) is 5.69 Å². The molecule has 0 saturated heterocycles. The maximum absolute atomic E-state index is 12.2. The standard InChI is InChI=1S/C21H21N7O3/c1-2-30-14-7-13(8-14)28-11-15(17(27-28)16-5-3-4-6-23-16)19-18(20(22)29)26-21(31-19)12-9-24-25-10-12/h3-6,9-11,13-14H,2,7-8H2,1H3,(H2,22,29)(H,24,25). The van der Waals surface area contributed by atoms with Crippen molar-refractivity contribution in [2.75, 3.05) is 6.61 Å². The molecular formula is C21H21N7O3. The largest absolute Gasteiger partial charge is 0.435 e. The molecule has 0 atom stereocenters. The molecule has 0 bridgehead atoms. The summed E-state index contributed by atoms with van der Waals surface area (Å²) in [5, 5.41) is 11.4. The molecule has 0 spiro atoms. The fourth-order valence-electron chi connectivity index (χ4n) is 3.72. The van der Waals surface area contributed by atoms with Crippen LogP contribution in [0, 0.1) is 0 Å². The van der Waals surface area contributed by atoms with E-state index in [4.69, 9.17) is 20.0 Å². The van der Waals surface area contributed by atoms with E-state index in [9.17, 15) is 4.79 Å². The first-order chi connectivity index (χ1) is 15.1. The first-order valence-electron chi connectivity index (χ1n) is 10.1. The van der Waals surface area contributed by atoms with Crippen molar-refractivity contribution in [3.05, 3.63) is 48.7 Å². The van der Waals surface area contributed by atoms with Crippen molar-refractivity contribution in [2.45, 2.75) is 31.9 Å². The van der Waals surface area contributed by atoms with Gasteiger partial charge in [0.25, 0.3) is 5.91 Å². The minimum atomic E-state index is -0.687. The number of nitrogens with zero attached hydrogens (tertiary/aromatic N) is 5. The highest BCUT2D eigenvalue weighted by Crippen LogP contribution is 2.39. The molecule has 0 radical (unpaired) electrons. The number of carbonyl (C=O) groups is 1. The first-order valence-corrected chi connectivity index (χ1v) is 10.1. The zero-order valence-corrected chi connectivity index (χ0v) is 16.9. The number of nitrogens with one attached hydrogen (secondary N) is 1. The van der Waals surface area contributed by atoms with E-state index in [1.807, 2.05) is 36.0 Å². The average Bonchev–Trinajstić information content (AvgIpc) is 3.49. The number of ether oxygens (including phenoxy) is 1. The van der Waals surface area contributed by atoms with Crippen LogP contribution in [0.2, 0.25) is 0 Å². The topological polar surface area (TPSA) is 138 Å². The van der Waals surface area contributed by atoms with Gasteiger partial charge in [-0.1, -0.05) is 6.07 Å². The third-order valence-corrected chi connectivity index (χ3v) is 5.34. The van der Waals surface area contributed by atoms with E-state index in [0.717, 1.165) is 12.8 Å². The summed E-state index contributed by atoms with van der Waals surface area (Å²) in [6, 6.07) is 5.77. The highest BCUT2D eigenvalue weighted by atomic mass is 16.5. The monoisotopic (exact) mass is 419 g/mol. The number of aromatic amines is 1. The van der Waals surface area contributed by atoms with Crippen LogP contribution in [0.4, 0.5) is 0 Å². The van der Waals surface area contributed by atoms with E-state index in [1.165, 1.54) is 0 Å². The molecule has 1 aliphatic carbocycles. The predicted molar refractivity (Wildman–Crippen MR) is 111 cm³/mol. The van der Waals surface area contributed by atoms with Crippen molar-refractivity contribution in [1.29, 1.82) is 0 Å². The lowest BCUT2D eigenvalue weighted by atomic mass is 9.89. The molecule has 1 saturated carbocycles. The minimum absolute atomic E-state index is 0.0359. The second-order valence-electron chi connectivity index (χ2n) is 7.34. The van der Waals surface area contributed by atoms with Crippen LogP contribution in [0.15, 0.2) is 47.4 Å². The zero-order valence-electron chi connectivity index (χ0n) is 16.9. The van der Waals surface area contributed by atoms with Crippen LogP contribution in [-0.4, -0.2) is 48.6 Å². The van der Waals surface area contributed by atoms with Crippen molar-refractivity contribution < 1.29 is 13.9 Å². The van der Waals surface area contributed by atoms with E-state index in [1.54, 1.807) is 18.6 Å². The molecule has 1 amide bonds. The van der Waals surface area contributed by atoms with Gasteiger partial charge < -0.3 is 14.9 Å². The van der Waals surface area contributed by atoms with E-state index < -0.39 is 5.91 Å². The number of rotatable bonds is 7. The van der Waals surface area contributed by atoms with Crippen molar-refractivity contribution >= 4 is 5.91 Å². The molecule has 31 heavy (non-hydrogen) atoms. The molecule has 158 valence electrons. The molecule has 3 N–H and O–H groups in total. The highest BCUT2D eigenvalue weighted by Gasteiger charge is 2.34. The molecule has 1 fully saturated rings. The lowest BCUT2D eigenvalue weighted by Gasteiger charge is -2.34. The van der Waals surface area contributed by atoms with Crippen molar-refractivity contribution in [2.24, 2.45) is 5.73 Å². The number of pyridine rings is 1. The number of hydrogen-bond donors (Lipinski definition) is 2. The van der Waals surface area contributed by atoms with E-state index in [0.29, 0.717) is 29.1 Å². The summed E-state index contributed by atoms with van der Waals surface area (Å²) in [6.45, 7) is 2.68. The Labute approximate surface area is 177 Å². The summed E-state index contributed by atoms with van der Waals surface area (Å²) >= 11 is 0. The molecule has 0 aliphatic heterocycles. The van der Waals surface area contributed by atoms with Gasteiger partial charge in [-0.05, 0) is 31.9 Å². The van der Waals surface area contributed by atoms with Crippen LogP contribution < -0.4 is 5.73 Å². The van der Waals surface area contributed by atoms with Gasteiger partial charge in [-0.3, -0.25) is 19.6 Å². The van der Waals surface area contributed by atoms with E-state index in [-0.39, 0.29) is 29.5 Å². The van der Waals surface area contributed by atoms with Gasteiger partial charge in [0.05, 0.1) is 35.2 Å². The molecule has 10 heteroatoms. The minimum Gasteiger partial charge on any atom is -0.435 e. The maximum Gasteiger partial charge on any atom is 0.271 e. The second-order valence-corrected chi connectivity index (χ2v) is 7.34. The quantitative estimate of drug-likeness (QED) is 0.470. The molecule has 0 aromatic carbocycles. The smallest absolute Gasteiger partial charge is 0.271 e. The lowest BCUT2D eigenvalue weighted by Crippen LogP contribution is -2.33. The third kappa shape index (κ3) is 3.50. The first kappa shape index (κ1) is 19.2. The molecule has 1 aliphatic rings. The van der Waals surface area contributed by atoms with Gasteiger partial charge in [0.15, 0.2) is 11.5 Å². The summed E-state index contributed by atoms with van der Waals surface area (Å²) in [6.07, 6.45) is 8.73. The van der Waals surface area contributed by atoms with Crippen LogP contribution in [-0.2, 0) is 4.74 Å². The predicted octanol–water partition coefficient (Wildman–Crippen LogP) is 2.83. The molecule has 4 aromatic heterocycles. The Kier molecular flexibility index (Phi) is 4.83. The number of oxazole rings is 1. The number of aromatic nitrogens is 6. The number of carbonyl (C=O) groups excluding carboxylic acids is 1. The molecule has 4 heterocycles. The summed E-state index contributed by atoms with van der Waals surface area (Å²) < 4.78 is 13.6. The number of primary amides is 1. The van der Waals surface area contributed by atoms with Gasteiger partial charge >= 0.3 is 0 Å². The van der Waals surface area contributed by atoms with Gasteiger partial charge in [-0.2, -0.15) is 10.2 Å². The molecule has 5 rings (SSSR count). The zero-order chi connectivity index (χ0) is 21.4. The fourth-order valence-corrected chi connectivity index (χ4v) is 3.72. The number of H-pyrrole nitrogens is 1. The molecular weight excluding hydrogens is 398 g/mol. The van der Waals surface area contributed by atoms with Crippen molar-refractivity contribution in [3.8, 4) is 34.2 Å². The number of amides is 1. The van der Waals surface area contributed by atoms with E-state index >= 15 is 0 Å². The molecule has 10 nitrogen and oxygen atoms in total. The van der Waals surface area contributed by atoms with Gasteiger partial charge in [-0.25, -0.2) is 4.98 Å². The SMILES string of the molecule is CCOC1CC(n2cc(-c3oc(-c4cn[nH]c4)nc3C(N)=O)c(-c3ccccn3)n2)C1. The van der Waals surface area contributed by atoms with Gasteiger partial charge in [0, 0.05) is 25.2 Å². The van der Waals surface area contributed by atoms with Crippen LogP contribution in [0.5, 0.6) is 0 Å². The fraction of sp³-hybridized carbons (Fsp3) is 0.286. The normalized spacial score (nSPS) is 18.1. The summed E-state index contributed by atoms with van der Waals surface area (Å²) in [5.41, 5.74) is 8.13. The average molecular weight is 419 g/mol. The van der Waals surface area contributed by atoms with Crippen molar-refractivity contribution in [1.82, 2.24) is 29.9 Å². The van der Waals surface area contributed by atoms with Crippen LogP contribution in [0.3, 0.4) is 0 Å². The Bertz CT molecular complexity index is 1190. The third-order valence-electron chi connectivity index (χ3n) is 5.34.